The molecule has 5 heteroatoms. The molecule has 2 rings (SSSR count). The molecule has 2 N–H and O–H groups in total. The van der Waals surface area contributed by atoms with Gasteiger partial charge in [0.25, 0.3) is 5.91 Å². The van der Waals surface area contributed by atoms with Gasteiger partial charge in [-0.25, -0.2) is 0 Å². The summed E-state index contributed by atoms with van der Waals surface area (Å²) in [5.74, 6) is -0.149. The molecular formula is C15H16ClN3O. The van der Waals surface area contributed by atoms with Gasteiger partial charge in [-0.3, -0.25) is 9.78 Å². The minimum Gasteiger partial charge on any atom is -0.385 e. The third-order valence-corrected chi connectivity index (χ3v) is 3.05. The summed E-state index contributed by atoms with van der Waals surface area (Å²) in [7, 11) is 0. The second-order valence-corrected chi connectivity index (χ2v) is 4.70. The lowest BCUT2D eigenvalue weighted by atomic mass is 10.2. The standard InChI is InChI=1S/C15H16ClN3O/c1-2-18-14-7-8-17-10-13(14)15(20)19-9-11-3-5-12(16)6-4-11/h3-8,10H,2,9H2,1H3,(H,17,18)(H,19,20). The van der Waals surface area contributed by atoms with Crippen molar-refractivity contribution in [2.45, 2.75) is 13.5 Å². The number of halogens is 1. The summed E-state index contributed by atoms with van der Waals surface area (Å²) in [5.41, 5.74) is 2.33. The first-order valence-electron chi connectivity index (χ1n) is 6.41. The van der Waals surface area contributed by atoms with Crippen molar-refractivity contribution in [2.24, 2.45) is 0 Å². The Bertz CT molecular complexity index is 584. The van der Waals surface area contributed by atoms with Gasteiger partial charge in [0.2, 0.25) is 0 Å². The van der Waals surface area contributed by atoms with Crippen LogP contribution in [0.5, 0.6) is 0 Å². The van der Waals surface area contributed by atoms with Gasteiger partial charge in [0, 0.05) is 30.5 Å². The number of hydrogen-bond acceptors (Lipinski definition) is 3. The van der Waals surface area contributed by atoms with E-state index in [1.807, 2.05) is 19.1 Å². The first-order chi connectivity index (χ1) is 9.70. The molecule has 0 spiro atoms. The van der Waals surface area contributed by atoms with Crippen molar-refractivity contribution in [3.8, 4) is 0 Å². The summed E-state index contributed by atoms with van der Waals surface area (Å²) in [6.45, 7) is 3.19. The van der Waals surface area contributed by atoms with Crippen molar-refractivity contribution >= 4 is 23.2 Å². The predicted octanol–water partition coefficient (Wildman–Crippen LogP) is 3.10. The molecule has 0 saturated carbocycles. The van der Waals surface area contributed by atoms with Gasteiger partial charge in [-0.2, -0.15) is 0 Å². The molecule has 1 aromatic heterocycles. The molecule has 20 heavy (non-hydrogen) atoms. The number of anilines is 1. The molecule has 0 saturated heterocycles. The molecule has 0 aliphatic heterocycles. The van der Waals surface area contributed by atoms with E-state index in [1.165, 1.54) is 0 Å². The van der Waals surface area contributed by atoms with Crippen LogP contribution in [-0.4, -0.2) is 17.4 Å². The largest absolute Gasteiger partial charge is 0.385 e. The van der Waals surface area contributed by atoms with E-state index in [0.717, 1.165) is 17.8 Å². The Kier molecular flexibility index (Phi) is 4.96. The zero-order valence-corrected chi connectivity index (χ0v) is 11.9. The van der Waals surface area contributed by atoms with Crippen LogP contribution in [0.4, 0.5) is 5.69 Å². The van der Waals surface area contributed by atoms with Crippen molar-refractivity contribution in [2.75, 3.05) is 11.9 Å². The molecule has 2 aromatic rings. The molecule has 0 bridgehead atoms. The van der Waals surface area contributed by atoms with E-state index in [4.69, 9.17) is 11.6 Å². The van der Waals surface area contributed by atoms with E-state index in [9.17, 15) is 4.79 Å². The number of rotatable bonds is 5. The highest BCUT2D eigenvalue weighted by molar-refractivity contribution is 6.30. The Labute approximate surface area is 123 Å². The van der Waals surface area contributed by atoms with E-state index in [2.05, 4.69) is 15.6 Å². The maximum absolute atomic E-state index is 12.2. The van der Waals surface area contributed by atoms with E-state index < -0.39 is 0 Å². The second-order valence-electron chi connectivity index (χ2n) is 4.26. The summed E-state index contributed by atoms with van der Waals surface area (Å²) < 4.78 is 0. The van der Waals surface area contributed by atoms with Crippen LogP contribution < -0.4 is 10.6 Å². The van der Waals surface area contributed by atoms with Crippen LogP contribution in [-0.2, 0) is 6.54 Å². The van der Waals surface area contributed by atoms with Crippen LogP contribution >= 0.6 is 11.6 Å². The zero-order chi connectivity index (χ0) is 14.4. The molecule has 1 aromatic carbocycles. The van der Waals surface area contributed by atoms with Crippen LogP contribution in [0.3, 0.4) is 0 Å². The Morgan fingerprint density at radius 2 is 2.00 bits per heavy atom. The van der Waals surface area contributed by atoms with Gasteiger partial charge in [-0.1, -0.05) is 23.7 Å². The molecule has 0 radical (unpaired) electrons. The van der Waals surface area contributed by atoms with Gasteiger partial charge in [0.15, 0.2) is 0 Å². The highest BCUT2D eigenvalue weighted by atomic mass is 35.5. The van der Waals surface area contributed by atoms with E-state index in [1.54, 1.807) is 30.6 Å². The first kappa shape index (κ1) is 14.3. The monoisotopic (exact) mass is 289 g/mol. The summed E-state index contributed by atoms with van der Waals surface area (Å²) in [6.07, 6.45) is 3.23. The van der Waals surface area contributed by atoms with Crippen LogP contribution in [0.2, 0.25) is 5.02 Å². The fraction of sp³-hybridized carbons (Fsp3) is 0.200. The number of carbonyl (C=O) groups excluding carboxylic acids is 1. The van der Waals surface area contributed by atoms with Gasteiger partial charge in [-0.05, 0) is 30.7 Å². The van der Waals surface area contributed by atoms with Gasteiger partial charge in [0.05, 0.1) is 11.3 Å². The Balaban J connectivity index is 2.03. The topological polar surface area (TPSA) is 54.0 Å². The summed E-state index contributed by atoms with van der Waals surface area (Å²) in [6, 6.07) is 9.17. The van der Waals surface area contributed by atoms with Crippen molar-refractivity contribution in [3.63, 3.8) is 0 Å². The van der Waals surface area contributed by atoms with Crippen LogP contribution in [0.25, 0.3) is 0 Å². The minimum absolute atomic E-state index is 0.149. The highest BCUT2D eigenvalue weighted by Gasteiger charge is 2.10. The number of carbonyl (C=O) groups is 1. The third kappa shape index (κ3) is 3.71. The molecule has 1 heterocycles. The second kappa shape index (κ2) is 6.91. The quantitative estimate of drug-likeness (QED) is 0.889. The van der Waals surface area contributed by atoms with Crippen molar-refractivity contribution in [1.82, 2.24) is 10.3 Å². The van der Waals surface area contributed by atoms with E-state index >= 15 is 0 Å². The first-order valence-corrected chi connectivity index (χ1v) is 6.79. The predicted molar refractivity (Wildman–Crippen MR) is 81.0 cm³/mol. The average molecular weight is 290 g/mol. The number of nitrogens with one attached hydrogen (secondary N) is 2. The van der Waals surface area contributed by atoms with Gasteiger partial charge in [0.1, 0.15) is 0 Å². The van der Waals surface area contributed by atoms with Gasteiger partial charge < -0.3 is 10.6 Å². The Morgan fingerprint density at radius 3 is 2.70 bits per heavy atom. The number of amides is 1. The smallest absolute Gasteiger partial charge is 0.255 e. The fourth-order valence-corrected chi connectivity index (χ4v) is 1.93. The summed E-state index contributed by atoms with van der Waals surface area (Å²) in [4.78, 5) is 16.2. The normalized spacial score (nSPS) is 10.1. The fourth-order valence-electron chi connectivity index (χ4n) is 1.80. The number of pyridine rings is 1. The maximum Gasteiger partial charge on any atom is 0.255 e. The maximum atomic E-state index is 12.2. The average Bonchev–Trinajstić information content (AvgIpc) is 2.47. The molecule has 0 unspecified atom stereocenters. The van der Waals surface area contributed by atoms with E-state index in [-0.39, 0.29) is 5.91 Å². The number of aromatic nitrogens is 1. The lowest BCUT2D eigenvalue weighted by Gasteiger charge is -2.10. The third-order valence-electron chi connectivity index (χ3n) is 2.80. The molecule has 4 nitrogen and oxygen atoms in total. The van der Waals surface area contributed by atoms with Crippen LogP contribution in [0.15, 0.2) is 42.7 Å². The number of benzene rings is 1. The van der Waals surface area contributed by atoms with Crippen LogP contribution in [0, 0.1) is 0 Å². The summed E-state index contributed by atoms with van der Waals surface area (Å²) >= 11 is 5.82. The lowest BCUT2D eigenvalue weighted by molar-refractivity contribution is 0.0951. The number of nitrogens with zero attached hydrogens (tertiary/aromatic N) is 1. The molecule has 0 aliphatic carbocycles. The van der Waals surface area contributed by atoms with Crippen molar-refractivity contribution in [1.29, 1.82) is 0 Å². The number of hydrogen-bond donors (Lipinski definition) is 2. The Morgan fingerprint density at radius 1 is 1.25 bits per heavy atom. The molecule has 0 aliphatic rings. The van der Waals surface area contributed by atoms with Crippen molar-refractivity contribution < 1.29 is 4.79 Å². The van der Waals surface area contributed by atoms with Crippen molar-refractivity contribution in [3.05, 3.63) is 58.9 Å². The lowest BCUT2D eigenvalue weighted by Crippen LogP contribution is -2.24. The Hall–Kier alpha value is -2.07. The summed E-state index contributed by atoms with van der Waals surface area (Å²) in [5, 5.41) is 6.70. The van der Waals surface area contributed by atoms with Gasteiger partial charge in [-0.15, -0.1) is 0 Å². The molecule has 0 fully saturated rings. The molecule has 1 amide bonds. The molecular weight excluding hydrogens is 274 g/mol. The molecule has 0 atom stereocenters. The van der Waals surface area contributed by atoms with E-state index in [0.29, 0.717) is 17.1 Å². The highest BCUT2D eigenvalue weighted by Crippen LogP contribution is 2.14. The molecule has 104 valence electrons. The zero-order valence-electron chi connectivity index (χ0n) is 11.2. The van der Waals surface area contributed by atoms with Crippen LogP contribution in [0.1, 0.15) is 22.8 Å². The minimum atomic E-state index is -0.149. The van der Waals surface area contributed by atoms with Gasteiger partial charge >= 0.3 is 0 Å². The SMILES string of the molecule is CCNc1ccncc1C(=O)NCc1ccc(Cl)cc1.